The van der Waals surface area contributed by atoms with Crippen LogP contribution in [0.25, 0.3) is 16.7 Å². The van der Waals surface area contributed by atoms with Gasteiger partial charge in [-0.1, -0.05) is 48.5 Å². The lowest BCUT2D eigenvalue weighted by Crippen LogP contribution is -2.29. The third-order valence-corrected chi connectivity index (χ3v) is 5.91. The third-order valence-electron chi connectivity index (χ3n) is 5.91. The molecular weight excluding hydrogens is 430 g/mol. The van der Waals surface area contributed by atoms with Crippen molar-refractivity contribution in [3.05, 3.63) is 89.5 Å². The van der Waals surface area contributed by atoms with Gasteiger partial charge in [-0.2, -0.15) is 0 Å². The van der Waals surface area contributed by atoms with E-state index in [4.69, 9.17) is 19.2 Å². The number of carbonyl (C=O) groups excluding carboxylic acids is 1. The molecule has 0 spiro atoms. The summed E-state index contributed by atoms with van der Waals surface area (Å²) in [5, 5.41) is 3.42. The standard InChI is InChI=1S/C27H25N3O4/c1-4-34-26(31)23-24(17-10-6-5-7-11-17)29-27-28-19-12-8-9-13-20(19)30(27)25(23)18-14-15-21(32-2)22(16-18)33-3/h5-16,25H,4H2,1-3H3,(H,28,29)/t25-/m0/s1. The van der Waals surface area contributed by atoms with Crippen molar-refractivity contribution < 1.29 is 19.0 Å². The van der Waals surface area contributed by atoms with Gasteiger partial charge in [-0.05, 0) is 42.3 Å². The van der Waals surface area contributed by atoms with Crippen molar-refractivity contribution in [1.29, 1.82) is 0 Å². The number of nitrogens with one attached hydrogen (secondary N) is 1. The number of rotatable bonds is 6. The predicted molar refractivity (Wildman–Crippen MR) is 131 cm³/mol. The molecule has 5 rings (SSSR count). The van der Waals surface area contributed by atoms with E-state index in [1.807, 2.05) is 77.4 Å². The van der Waals surface area contributed by atoms with Gasteiger partial charge in [0.15, 0.2) is 11.5 Å². The fraction of sp³-hybridized carbons (Fsp3) is 0.185. The second-order valence-corrected chi connectivity index (χ2v) is 7.81. The minimum absolute atomic E-state index is 0.264. The van der Waals surface area contributed by atoms with E-state index in [1.54, 1.807) is 21.1 Å². The number of methoxy groups -OCH3 is 2. The Morgan fingerprint density at radius 1 is 0.971 bits per heavy atom. The summed E-state index contributed by atoms with van der Waals surface area (Å²) < 4.78 is 18.6. The van der Waals surface area contributed by atoms with E-state index in [2.05, 4.69) is 5.32 Å². The van der Waals surface area contributed by atoms with Crippen LogP contribution < -0.4 is 14.8 Å². The fourth-order valence-electron chi connectivity index (χ4n) is 4.43. The molecule has 7 heteroatoms. The number of hydrogen-bond donors (Lipinski definition) is 1. The van der Waals surface area contributed by atoms with Crippen LogP contribution in [-0.2, 0) is 9.53 Å². The summed E-state index contributed by atoms with van der Waals surface area (Å²) in [6.45, 7) is 2.07. The van der Waals surface area contributed by atoms with E-state index >= 15 is 0 Å². The molecule has 172 valence electrons. The van der Waals surface area contributed by atoms with Gasteiger partial charge in [0.2, 0.25) is 5.95 Å². The molecule has 0 aliphatic carbocycles. The van der Waals surface area contributed by atoms with Gasteiger partial charge in [0.05, 0.1) is 49.2 Å². The van der Waals surface area contributed by atoms with Crippen LogP contribution in [0.2, 0.25) is 0 Å². The summed E-state index contributed by atoms with van der Waals surface area (Å²) in [6, 6.07) is 22.8. The van der Waals surface area contributed by atoms with E-state index in [0.717, 1.165) is 22.2 Å². The molecule has 0 saturated carbocycles. The molecule has 0 unspecified atom stereocenters. The monoisotopic (exact) mass is 455 g/mol. The lowest BCUT2D eigenvalue weighted by Gasteiger charge is -2.31. The van der Waals surface area contributed by atoms with Crippen molar-refractivity contribution in [2.24, 2.45) is 0 Å². The molecule has 0 radical (unpaired) electrons. The molecule has 7 nitrogen and oxygen atoms in total. The van der Waals surface area contributed by atoms with Crippen molar-refractivity contribution in [3.8, 4) is 11.5 Å². The van der Waals surface area contributed by atoms with Crippen LogP contribution in [0.5, 0.6) is 11.5 Å². The van der Waals surface area contributed by atoms with E-state index in [1.165, 1.54) is 0 Å². The first-order chi connectivity index (χ1) is 16.7. The molecular formula is C27H25N3O4. The maximum atomic E-state index is 13.5. The highest BCUT2D eigenvalue weighted by Gasteiger charge is 2.37. The summed E-state index contributed by atoms with van der Waals surface area (Å²) in [5.41, 5.74) is 4.61. The Morgan fingerprint density at radius 2 is 1.71 bits per heavy atom. The average molecular weight is 456 g/mol. The van der Waals surface area contributed by atoms with Crippen LogP contribution in [0.3, 0.4) is 0 Å². The number of imidazole rings is 1. The number of esters is 1. The van der Waals surface area contributed by atoms with Crippen LogP contribution in [0.15, 0.2) is 78.4 Å². The summed E-state index contributed by atoms with van der Waals surface area (Å²) in [6.07, 6.45) is 0. The van der Waals surface area contributed by atoms with Crippen LogP contribution in [0.4, 0.5) is 5.95 Å². The first-order valence-corrected chi connectivity index (χ1v) is 11.1. The maximum Gasteiger partial charge on any atom is 0.338 e. The molecule has 2 heterocycles. The van der Waals surface area contributed by atoms with Gasteiger partial charge >= 0.3 is 5.97 Å². The number of para-hydroxylation sites is 2. The van der Waals surface area contributed by atoms with Gasteiger partial charge < -0.3 is 19.5 Å². The smallest absolute Gasteiger partial charge is 0.338 e. The lowest BCUT2D eigenvalue weighted by atomic mass is 9.92. The van der Waals surface area contributed by atoms with Crippen molar-refractivity contribution in [3.63, 3.8) is 0 Å². The number of carbonyl (C=O) groups is 1. The highest BCUT2D eigenvalue weighted by molar-refractivity contribution is 6.03. The molecule has 1 aliphatic rings. The molecule has 0 saturated heterocycles. The molecule has 0 amide bonds. The van der Waals surface area contributed by atoms with E-state index in [-0.39, 0.29) is 6.61 Å². The second kappa shape index (κ2) is 8.94. The number of hydrogen-bond acceptors (Lipinski definition) is 6. The molecule has 34 heavy (non-hydrogen) atoms. The zero-order valence-electron chi connectivity index (χ0n) is 19.2. The Labute approximate surface area is 197 Å². The second-order valence-electron chi connectivity index (χ2n) is 7.81. The number of benzene rings is 3. The van der Waals surface area contributed by atoms with E-state index in [0.29, 0.717) is 28.7 Å². The van der Waals surface area contributed by atoms with Crippen molar-refractivity contribution >= 4 is 28.6 Å². The first kappa shape index (κ1) is 21.6. The normalized spacial score (nSPS) is 15.0. The topological polar surface area (TPSA) is 74.6 Å². The molecule has 3 aromatic carbocycles. The van der Waals surface area contributed by atoms with E-state index in [9.17, 15) is 4.79 Å². The van der Waals surface area contributed by atoms with Crippen LogP contribution in [0, 0.1) is 0 Å². The number of fused-ring (bicyclic) bond motifs is 3. The Bertz CT molecular complexity index is 1390. The molecule has 1 aromatic heterocycles. The van der Waals surface area contributed by atoms with Crippen LogP contribution >= 0.6 is 0 Å². The Hall–Kier alpha value is -4.26. The minimum atomic E-state index is -0.502. The fourth-order valence-corrected chi connectivity index (χ4v) is 4.43. The highest BCUT2D eigenvalue weighted by atomic mass is 16.5. The Kier molecular flexibility index (Phi) is 5.67. The molecule has 1 aliphatic heterocycles. The zero-order valence-corrected chi connectivity index (χ0v) is 19.2. The largest absolute Gasteiger partial charge is 0.493 e. The summed E-state index contributed by atoms with van der Waals surface area (Å²) in [7, 11) is 3.20. The van der Waals surface area contributed by atoms with Crippen molar-refractivity contribution in [2.75, 3.05) is 26.1 Å². The summed E-state index contributed by atoms with van der Waals surface area (Å²) >= 11 is 0. The van der Waals surface area contributed by atoms with Gasteiger partial charge in [-0.15, -0.1) is 0 Å². The SMILES string of the molecule is CCOC(=O)C1=C(c2ccccc2)Nc2nc3ccccc3n2[C@H]1c1ccc(OC)c(OC)c1. The number of nitrogens with zero attached hydrogens (tertiary/aromatic N) is 2. The van der Waals surface area contributed by atoms with Crippen molar-refractivity contribution in [1.82, 2.24) is 9.55 Å². The van der Waals surface area contributed by atoms with Gasteiger partial charge in [0.1, 0.15) is 0 Å². The highest BCUT2D eigenvalue weighted by Crippen LogP contribution is 2.44. The van der Waals surface area contributed by atoms with Gasteiger partial charge in [0, 0.05) is 0 Å². The lowest BCUT2D eigenvalue weighted by molar-refractivity contribution is -0.138. The molecule has 0 fully saturated rings. The maximum absolute atomic E-state index is 13.5. The van der Waals surface area contributed by atoms with Gasteiger partial charge in [-0.3, -0.25) is 4.57 Å². The molecule has 1 N–H and O–H groups in total. The number of aromatic nitrogens is 2. The number of ether oxygens (including phenoxy) is 3. The van der Waals surface area contributed by atoms with Crippen molar-refractivity contribution in [2.45, 2.75) is 13.0 Å². The average Bonchev–Trinajstić information content (AvgIpc) is 3.26. The molecule has 4 aromatic rings. The first-order valence-electron chi connectivity index (χ1n) is 11.1. The van der Waals surface area contributed by atoms with Crippen LogP contribution in [0.1, 0.15) is 24.1 Å². The molecule has 1 atom stereocenters. The Balaban J connectivity index is 1.83. The minimum Gasteiger partial charge on any atom is -0.493 e. The summed E-state index contributed by atoms with van der Waals surface area (Å²) in [4.78, 5) is 18.3. The van der Waals surface area contributed by atoms with E-state index < -0.39 is 12.0 Å². The quantitative estimate of drug-likeness (QED) is 0.411. The van der Waals surface area contributed by atoms with Gasteiger partial charge in [0.25, 0.3) is 0 Å². The number of anilines is 1. The van der Waals surface area contributed by atoms with Gasteiger partial charge in [-0.25, -0.2) is 9.78 Å². The molecule has 0 bridgehead atoms. The predicted octanol–water partition coefficient (Wildman–Crippen LogP) is 5.04. The third kappa shape index (κ3) is 3.55. The zero-order chi connectivity index (χ0) is 23.7. The Morgan fingerprint density at radius 3 is 2.44 bits per heavy atom. The summed E-state index contributed by atoms with van der Waals surface area (Å²) in [5.74, 6) is 1.44. The van der Waals surface area contributed by atoms with Crippen LogP contribution in [-0.4, -0.2) is 36.3 Å².